The van der Waals surface area contributed by atoms with Crippen LogP contribution in [0.4, 0.5) is 4.39 Å². The summed E-state index contributed by atoms with van der Waals surface area (Å²) in [4.78, 5) is 12.3. The molecule has 1 aliphatic rings. The van der Waals surface area contributed by atoms with Crippen LogP contribution in [-0.2, 0) is 11.3 Å². The van der Waals surface area contributed by atoms with Gasteiger partial charge in [-0.25, -0.2) is 9.18 Å². The molecule has 0 spiro atoms. The Balaban J connectivity index is 1.39. The number of hydrogen-bond acceptors (Lipinski definition) is 5. The minimum absolute atomic E-state index is 0.119. The smallest absolute Gasteiger partial charge is 0.338 e. The van der Waals surface area contributed by atoms with Crippen LogP contribution in [0.15, 0.2) is 53.1 Å². The Morgan fingerprint density at radius 2 is 2.00 bits per heavy atom. The fourth-order valence-electron chi connectivity index (χ4n) is 3.58. The zero-order chi connectivity index (χ0) is 21.6. The molecule has 0 bridgehead atoms. The van der Waals surface area contributed by atoms with Crippen LogP contribution in [0.25, 0.3) is 11.3 Å². The van der Waals surface area contributed by atoms with Crippen LogP contribution >= 0.6 is 0 Å². The fraction of sp³-hybridized carbons (Fsp3) is 0.280. The number of aromatic nitrogens is 1. The summed E-state index contributed by atoms with van der Waals surface area (Å²) in [6, 6.07) is 13.3. The van der Waals surface area contributed by atoms with Gasteiger partial charge in [-0.3, -0.25) is 0 Å². The minimum atomic E-state index is -0.649. The molecular weight excluding hydrogens is 397 g/mol. The van der Waals surface area contributed by atoms with E-state index in [9.17, 15) is 9.18 Å². The molecule has 1 saturated carbocycles. The first-order valence-electron chi connectivity index (χ1n) is 10.2. The largest absolute Gasteiger partial charge is 0.496 e. The summed E-state index contributed by atoms with van der Waals surface area (Å²) in [5, 5.41) is 4.00. The molecule has 2 aromatic carbocycles. The maximum absolute atomic E-state index is 14.4. The van der Waals surface area contributed by atoms with Crippen LogP contribution in [0.3, 0.4) is 0 Å². The van der Waals surface area contributed by atoms with Crippen LogP contribution in [0.2, 0.25) is 0 Å². The molecule has 0 saturated heterocycles. The lowest BCUT2D eigenvalue weighted by atomic mass is 10.1. The second kappa shape index (κ2) is 9.48. The predicted octanol–water partition coefficient (Wildman–Crippen LogP) is 5.39. The van der Waals surface area contributed by atoms with Crippen molar-refractivity contribution in [3.63, 3.8) is 0 Å². The van der Waals surface area contributed by atoms with E-state index in [1.807, 2.05) is 24.3 Å². The van der Waals surface area contributed by atoms with Gasteiger partial charge in [0, 0.05) is 17.5 Å². The van der Waals surface area contributed by atoms with Crippen molar-refractivity contribution in [3.05, 3.63) is 71.2 Å². The number of hydrogen-bond donors (Lipinski definition) is 0. The highest BCUT2D eigenvalue weighted by Gasteiger charge is 2.15. The first-order valence-corrected chi connectivity index (χ1v) is 10.2. The van der Waals surface area contributed by atoms with Crippen molar-refractivity contribution in [2.75, 3.05) is 7.11 Å². The molecule has 3 aromatic rings. The third-order valence-corrected chi connectivity index (χ3v) is 5.26. The van der Waals surface area contributed by atoms with Gasteiger partial charge in [-0.05, 0) is 43.2 Å². The number of rotatable bonds is 5. The molecule has 158 valence electrons. The minimum Gasteiger partial charge on any atom is -0.496 e. The molecule has 1 aliphatic carbocycles. The molecule has 0 atom stereocenters. The lowest BCUT2D eigenvalue weighted by molar-refractivity contribution is 0.0437. The van der Waals surface area contributed by atoms with E-state index in [1.165, 1.54) is 25.0 Å². The van der Waals surface area contributed by atoms with E-state index in [0.717, 1.165) is 24.5 Å². The Labute approximate surface area is 180 Å². The van der Waals surface area contributed by atoms with E-state index in [2.05, 4.69) is 17.0 Å². The van der Waals surface area contributed by atoms with E-state index in [1.54, 1.807) is 13.2 Å². The van der Waals surface area contributed by atoms with Crippen molar-refractivity contribution in [2.24, 2.45) is 5.92 Å². The highest BCUT2D eigenvalue weighted by Crippen LogP contribution is 2.29. The number of ether oxygens (including phenoxy) is 2. The summed E-state index contributed by atoms with van der Waals surface area (Å²) < 4.78 is 30.2. The summed E-state index contributed by atoms with van der Waals surface area (Å²) >= 11 is 0. The first-order chi connectivity index (χ1) is 15.1. The van der Waals surface area contributed by atoms with Crippen LogP contribution < -0.4 is 4.74 Å². The van der Waals surface area contributed by atoms with Gasteiger partial charge in [0.25, 0.3) is 0 Å². The fourth-order valence-corrected chi connectivity index (χ4v) is 3.58. The summed E-state index contributed by atoms with van der Waals surface area (Å²) in [6.45, 7) is -0.119. The van der Waals surface area contributed by atoms with Gasteiger partial charge in [-0.2, -0.15) is 0 Å². The van der Waals surface area contributed by atoms with Gasteiger partial charge in [0.1, 0.15) is 17.3 Å². The zero-order valence-electron chi connectivity index (χ0n) is 17.2. The van der Waals surface area contributed by atoms with Gasteiger partial charge < -0.3 is 14.0 Å². The Morgan fingerprint density at radius 1 is 1.19 bits per heavy atom. The van der Waals surface area contributed by atoms with E-state index < -0.39 is 11.8 Å². The second-order valence-electron chi connectivity index (χ2n) is 7.40. The molecule has 1 aromatic heterocycles. The van der Waals surface area contributed by atoms with E-state index in [4.69, 9.17) is 14.0 Å². The molecule has 0 aliphatic heterocycles. The molecule has 1 fully saturated rings. The summed E-state index contributed by atoms with van der Waals surface area (Å²) in [7, 11) is 1.58. The summed E-state index contributed by atoms with van der Waals surface area (Å²) in [6.07, 6.45) is 4.50. The van der Waals surface area contributed by atoms with E-state index in [0.29, 0.717) is 28.7 Å². The second-order valence-corrected chi connectivity index (χ2v) is 7.40. The van der Waals surface area contributed by atoms with E-state index in [-0.39, 0.29) is 12.2 Å². The molecular formula is C25H22FNO4. The normalized spacial score (nSPS) is 13.5. The maximum Gasteiger partial charge on any atom is 0.338 e. The SMILES string of the molecule is COc1ccccc1-c1cc(COC(=O)c2ccc(C#CC3CCCC3)c(F)c2)on1. The van der Waals surface area contributed by atoms with Gasteiger partial charge >= 0.3 is 5.97 Å². The summed E-state index contributed by atoms with van der Waals surface area (Å²) in [5.41, 5.74) is 1.75. The van der Waals surface area contributed by atoms with Crippen LogP contribution in [0, 0.1) is 23.6 Å². The van der Waals surface area contributed by atoms with Crippen molar-refractivity contribution < 1.29 is 23.2 Å². The molecule has 31 heavy (non-hydrogen) atoms. The number of esters is 1. The molecule has 4 rings (SSSR count). The Bertz CT molecular complexity index is 1140. The van der Waals surface area contributed by atoms with Crippen LogP contribution in [-0.4, -0.2) is 18.2 Å². The van der Waals surface area contributed by atoms with E-state index >= 15 is 0 Å². The van der Waals surface area contributed by atoms with Gasteiger partial charge in [-0.1, -0.05) is 42.0 Å². The van der Waals surface area contributed by atoms with Gasteiger partial charge in [0.05, 0.1) is 18.2 Å². The maximum atomic E-state index is 14.4. The topological polar surface area (TPSA) is 61.6 Å². The number of halogens is 1. The number of para-hydroxylation sites is 1. The van der Waals surface area contributed by atoms with Crippen molar-refractivity contribution in [3.8, 4) is 28.8 Å². The molecule has 0 unspecified atom stereocenters. The van der Waals surface area contributed by atoms with Crippen molar-refractivity contribution in [1.82, 2.24) is 5.16 Å². The van der Waals surface area contributed by atoms with Crippen LogP contribution in [0.1, 0.15) is 47.4 Å². The monoisotopic (exact) mass is 419 g/mol. The quantitative estimate of drug-likeness (QED) is 0.410. The number of carbonyl (C=O) groups is 1. The third kappa shape index (κ3) is 4.95. The Hall–Kier alpha value is -3.59. The highest BCUT2D eigenvalue weighted by atomic mass is 19.1. The highest BCUT2D eigenvalue weighted by molar-refractivity contribution is 5.89. The molecule has 1 heterocycles. The van der Waals surface area contributed by atoms with Crippen molar-refractivity contribution in [2.45, 2.75) is 32.3 Å². The molecule has 0 N–H and O–H groups in total. The predicted molar refractivity (Wildman–Crippen MR) is 113 cm³/mol. The average Bonchev–Trinajstić information content (AvgIpc) is 3.48. The van der Waals surface area contributed by atoms with Gasteiger partial charge in [-0.15, -0.1) is 0 Å². The van der Waals surface area contributed by atoms with Crippen molar-refractivity contribution >= 4 is 5.97 Å². The molecule has 6 heteroatoms. The number of nitrogens with zero attached hydrogens (tertiary/aromatic N) is 1. The Kier molecular flexibility index (Phi) is 6.32. The number of benzene rings is 2. The molecule has 0 amide bonds. The zero-order valence-corrected chi connectivity index (χ0v) is 17.2. The summed E-state index contributed by atoms with van der Waals surface area (Å²) in [5.74, 6) is 6.21. The Morgan fingerprint density at radius 3 is 2.77 bits per heavy atom. The van der Waals surface area contributed by atoms with Gasteiger partial charge in [0.2, 0.25) is 0 Å². The van der Waals surface area contributed by atoms with Crippen molar-refractivity contribution in [1.29, 1.82) is 0 Å². The number of carbonyl (C=O) groups excluding carboxylic acids is 1. The van der Waals surface area contributed by atoms with Crippen LogP contribution in [0.5, 0.6) is 5.75 Å². The lowest BCUT2D eigenvalue weighted by Crippen LogP contribution is -2.05. The number of methoxy groups -OCH3 is 1. The van der Waals surface area contributed by atoms with Gasteiger partial charge in [0.15, 0.2) is 12.4 Å². The molecule has 0 radical (unpaired) electrons. The third-order valence-electron chi connectivity index (χ3n) is 5.26. The molecule has 5 nitrogen and oxygen atoms in total. The standard InChI is InChI=1S/C25H22FNO4/c1-29-24-9-5-4-8-21(24)23-15-20(31-27-23)16-30-25(28)19-13-12-18(22(26)14-19)11-10-17-6-2-3-7-17/h4-5,8-9,12-15,17H,2-3,6-7,16H2,1H3. The lowest BCUT2D eigenvalue weighted by Gasteiger charge is -2.04. The average molecular weight is 419 g/mol. The first kappa shape index (κ1) is 20.7.